The van der Waals surface area contributed by atoms with Gasteiger partial charge in [0.2, 0.25) is 10.0 Å². The number of benzene rings is 1. The molecule has 0 amide bonds. The van der Waals surface area contributed by atoms with Crippen molar-refractivity contribution >= 4 is 15.7 Å². The first kappa shape index (κ1) is 14.5. The van der Waals surface area contributed by atoms with Crippen molar-refractivity contribution in [3.8, 4) is 0 Å². The molecule has 2 rings (SSSR count). The minimum absolute atomic E-state index is 0.0919. The maximum Gasteiger partial charge on any atom is 0.242 e. The van der Waals surface area contributed by atoms with Crippen LogP contribution in [0.15, 0.2) is 33.7 Å². The number of sulfonamides is 1. The predicted molar refractivity (Wildman–Crippen MR) is 74.3 cm³/mol. The van der Waals surface area contributed by atoms with E-state index in [0.29, 0.717) is 17.1 Å². The number of aromatic nitrogens is 1. The number of aryl methyl sites for hydroxylation is 2. The second-order valence-corrected chi connectivity index (χ2v) is 6.00. The van der Waals surface area contributed by atoms with E-state index in [1.807, 2.05) is 0 Å². The van der Waals surface area contributed by atoms with Crippen LogP contribution in [0, 0.1) is 13.8 Å². The zero-order valence-corrected chi connectivity index (χ0v) is 12.0. The van der Waals surface area contributed by atoms with Crippen molar-refractivity contribution in [2.24, 2.45) is 5.84 Å². The molecule has 0 aliphatic rings. The van der Waals surface area contributed by atoms with Crippen molar-refractivity contribution in [1.82, 2.24) is 9.88 Å². The van der Waals surface area contributed by atoms with Crippen LogP contribution in [0.2, 0.25) is 0 Å². The van der Waals surface area contributed by atoms with E-state index in [9.17, 15) is 8.42 Å². The lowest BCUT2D eigenvalue weighted by molar-refractivity contribution is 0.392. The summed E-state index contributed by atoms with van der Waals surface area (Å²) in [4.78, 5) is 0.0919. The number of anilines is 1. The van der Waals surface area contributed by atoms with E-state index >= 15 is 0 Å². The highest BCUT2D eigenvalue weighted by molar-refractivity contribution is 7.89. The molecular weight excluding hydrogens is 280 g/mol. The summed E-state index contributed by atoms with van der Waals surface area (Å²) in [7, 11) is -3.67. The molecule has 0 atom stereocenters. The fourth-order valence-corrected chi connectivity index (χ4v) is 2.98. The van der Waals surface area contributed by atoms with E-state index < -0.39 is 10.0 Å². The topological polar surface area (TPSA) is 110 Å². The Bertz CT molecular complexity index is 690. The van der Waals surface area contributed by atoms with Crippen LogP contribution in [0.25, 0.3) is 0 Å². The number of hydrazine groups is 1. The van der Waals surface area contributed by atoms with Crippen LogP contribution in [-0.2, 0) is 16.6 Å². The van der Waals surface area contributed by atoms with Crippen LogP contribution in [0.5, 0.6) is 0 Å². The van der Waals surface area contributed by atoms with E-state index in [2.05, 4.69) is 15.3 Å². The summed E-state index contributed by atoms with van der Waals surface area (Å²) in [6, 6.07) is 6.39. The third kappa shape index (κ3) is 2.82. The number of rotatable bonds is 5. The fraction of sp³-hybridized carbons (Fsp3) is 0.250. The number of hydrogen-bond donors (Lipinski definition) is 3. The Morgan fingerprint density at radius 3 is 2.60 bits per heavy atom. The molecule has 0 aliphatic carbocycles. The molecule has 0 bridgehead atoms. The normalized spacial score (nSPS) is 11.6. The fourth-order valence-electron chi connectivity index (χ4n) is 1.82. The minimum Gasteiger partial charge on any atom is -0.361 e. The monoisotopic (exact) mass is 296 g/mol. The smallest absolute Gasteiger partial charge is 0.242 e. The number of para-hydroxylation sites is 1. The Morgan fingerprint density at radius 1 is 1.30 bits per heavy atom. The van der Waals surface area contributed by atoms with E-state index in [1.165, 1.54) is 6.07 Å². The Kier molecular flexibility index (Phi) is 4.07. The van der Waals surface area contributed by atoms with Gasteiger partial charge in [-0.05, 0) is 26.0 Å². The van der Waals surface area contributed by atoms with Gasteiger partial charge in [-0.1, -0.05) is 17.3 Å². The van der Waals surface area contributed by atoms with Crippen LogP contribution < -0.4 is 16.0 Å². The van der Waals surface area contributed by atoms with E-state index in [4.69, 9.17) is 10.4 Å². The molecule has 4 N–H and O–H groups in total. The molecule has 0 radical (unpaired) electrons. The van der Waals surface area contributed by atoms with E-state index in [1.54, 1.807) is 32.0 Å². The molecule has 0 saturated heterocycles. The van der Waals surface area contributed by atoms with Crippen molar-refractivity contribution in [2.75, 3.05) is 5.43 Å². The molecular formula is C12H16N4O3S. The molecule has 0 saturated carbocycles. The minimum atomic E-state index is -3.67. The maximum absolute atomic E-state index is 12.3. The predicted octanol–water partition coefficient (Wildman–Crippen LogP) is 1.06. The summed E-state index contributed by atoms with van der Waals surface area (Å²) >= 11 is 0. The largest absolute Gasteiger partial charge is 0.361 e. The molecule has 0 unspecified atom stereocenters. The van der Waals surface area contributed by atoms with Gasteiger partial charge in [0.15, 0.2) is 0 Å². The van der Waals surface area contributed by atoms with Gasteiger partial charge in [0, 0.05) is 12.1 Å². The maximum atomic E-state index is 12.3. The number of nitrogens with zero attached hydrogens (tertiary/aromatic N) is 1. The second kappa shape index (κ2) is 5.61. The summed E-state index contributed by atoms with van der Waals surface area (Å²) in [6.45, 7) is 3.61. The first-order chi connectivity index (χ1) is 9.45. The second-order valence-electron chi connectivity index (χ2n) is 4.27. The van der Waals surface area contributed by atoms with Crippen molar-refractivity contribution < 1.29 is 12.9 Å². The Balaban J connectivity index is 2.24. The van der Waals surface area contributed by atoms with Gasteiger partial charge < -0.3 is 9.95 Å². The molecule has 0 aliphatic heterocycles. The summed E-state index contributed by atoms with van der Waals surface area (Å²) in [5.74, 6) is 5.91. The Labute approximate surface area is 117 Å². The standard InChI is InChI=1S/C12H16N4O3S/c1-8-10(9(2)19-16-8)7-14-20(17,18)12-6-4-3-5-11(12)15-13/h3-6,14-15H,7,13H2,1-2H3. The average molecular weight is 296 g/mol. The first-order valence-corrected chi connectivity index (χ1v) is 7.41. The number of hydrogen-bond acceptors (Lipinski definition) is 6. The molecule has 108 valence electrons. The lowest BCUT2D eigenvalue weighted by Gasteiger charge is -2.10. The van der Waals surface area contributed by atoms with Crippen LogP contribution >= 0.6 is 0 Å². The van der Waals surface area contributed by atoms with Crippen LogP contribution in [-0.4, -0.2) is 13.6 Å². The van der Waals surface area contributed by atoms with Crippen molar-refractivity contribution in [2.45, 2.75) is 25.3 Å². The highest BCUT2D eigenvalue weighted by Crippen LogP contribution is 2.20. The zero-order chi connectivity index (χ0) is 14.8. The molecule has 1 aromatic heterocycles. The molecule has 1 aromatic carbocycles. The lowest BCUT2D eigenvalue weighted by atomic mass is 10.2. The first-order valence-electron chi connectivity index (χ1n) is 5.93. The summed E-state index contributed by atoms with van der Waals surface area (Å²) < 4.78 is 32.0. The van der Waals surface area contributed by atoms with Crippen molar-refractivity contribution in [1.29, 1.82) is 0 Å². The van der Waals surface area contributed by atoms with Gasteiger partial charge in [0.25, 0.3) is 0 Å². The van der Waals surface area contributed by atoms with Gasteiger partial charge >= 0.3 is 0 Å². The number of nitrogens with two attached hydrogens (primary N) is 1. The van der Waals surface area contributed by atoms with Crippen molar-refractivity contribution in [3.63, 3.8) is 0 Å². The lowest BCUT2D eigenvalue weighted by Crippen LogP contribution is -2.25. The summed E-state index contributed by atoms with van der Waals surface area (Å²) in [5.41, 5.74) is 4.09. The van der Waals surface area contributed by atoms with Gasteiger partial charge in [-0.2, -0.15) is 0 Å². The van der Waals surface area contributed by atoms with Gasteiger partial charge in [0.05, 0.1) is 11.4 Å². The molecule has 8 heteroatoms. The molecule has 0 fully saturated rings. The Morgan fingerprint density at radius 2 is 2.00 bits per heavy atom. The number of nitrogens with one attached hydrogen (secondary N) is 2. The molecule has 1 heterocycles. The highest BCUT2D eigenvalue weighted by Gasteiger charge is 2.19. The highest BCUT2D eigenvalue weighted by atomic mass is 32.2. The zero-order valence-electron chi connectivity index (χ0n) is 11.2. The average Bonchev–Trinajstić information content (AvgIpc) is 2.76. The van der Waals surface area contributed by atoms with Gasteiger partial charge in [-0.25, -0.2) is 13.1 Å². The molecule has 0 spiro atoms. The van der Waals surface area contributed by atoms with Crippen LogP contribution in [0.3, 0.4) is 0 Å². The van der Waals surface area contributed by atoms with E-state index in [0.717, 1.165) is 5.56 Å². The molecule has 7 nitrogen and oxygen atoms in total. The van der Waals surface area contributed by atoms with Gasteiger partial charge in [-0.3, -0.25) is 5.84 Å². The van der Waals surface area contributed by atoms with E-state index in [-0.39, 0.29) is 11.4 Å². The quantitative estimate of drug-likeness (QED) is 0.562. The van der Waals surface area contributed by atoms with Gasteiger partial charge in [-0.15, -0.1) is 0 Å². The third-order valence-electron chi connectivity index (χ3n) is 2.95. The SMILES string of the molecule is Cc1noc(C)c1CNS(=O)(=O)c1ccccc1NN. The van der Waals surface area contributed by atoms with Crippen LogP contribution in [0.1, 0.15) is 17.0 Å². The number of nitrogen functional groups attached to an aromatic ring is 1. The van der Waals surface area contributed by atoms with Crippen molar-refractivity contribution in [3.05, 3.63) is 41.3 Å². The van der Waals surface area contributed by atoms with Crippen LogP contribution in [0.4, 0.5) is 5.69 Å². The molecule has 20 heavy (non-hydrogen) atoms. The third-order valence-corrected chi connectivity index (χ3v) is 4.41. The van der Waals surface area contributed by atoms with Gasteiger partial charge in [0.1, 0.15) is 10.7 Å². The Hall–Kier alpha value is -1.90. The molecule has 2 aromatic rings. The summed E-state index contributed by atoms with van der Waals surface area (Å²) in [5, 5.41) is 3.78. The summed E-state index contributed by atoms with van der Waals surface area (Å²) in [6.07, 6.45) is 0.